The van der Waals surface area contributed by atoms with E-state index >= 15 is 0 Å². The summed E-state index contributed by atoms with van der Waals surface area (Å²) in [6.45, 7) is 4.31. The average molecular weight is 278 g/mol. The number of benzene rings is 2. The van der Waals surface area contributed by atoms with Crippen LogP contribution in [0.25, 0.3) is 10.9 Å². The number of fused-ring (bicyclic) bond motifs is 1. The van der Waals surface area contributed by atoms with Crippen LogP contribution in [0.1, 0.15) is 24.9 Å². The second kappa shape index (κ2) is 6.59. The minimum absolute atomic E-state index is 0.410. The molecule has 1 unspecified atom stereocenters. The monoisotopic (exact) mass is 278 g/mol. The lowest BCUT2D eigenvalue weighted by atomic mass is 10.1. The molecule has 1 N–H and O–H groups in total. The number of aryl methyl sites for hydroxylation is 1. The fraction of sp³-hybridized carbons (Fsp3) is 0.263. The second-order valence-electron chi connectivity index (χ2n) is 5.51. The Kier molecular flexibility index (Phi) is 4.37. The molecule has 0 bridgehead atoms. The van der Waals surface area contributed by atoms with Crippen molar-refractivity contribution in [3.63, 3.8) is 0 Å². The van der Waals surface area contributed by atoms with Crippen molar-refractivity contribution in [2.24, 2.45) is 0 Å². The quantitative estimate of drug-likeness (QED) is 0.662. The van der Waals surface area contributed by atoms with Gasteiger partial charge in [-0.05, 0) is 43.0 Å². The molecule has 0 spiro atoms. The normalized spacial score (nSPS) is 12.6. The van der Waals surface area contributed by atoms with Crippen molar-refractivity contribution in [3.8, 4) is 0 Å². The van der Waals surface area contributed by atoms with Crippen molar-refractivity contribution in [2.75, 3.05) is 6.54 Å². The van der Waals surface area contributed by atoms with Crippen LogP contribution in [-0.2, 0) is 6.54 Å². The fourth-order valence-corrected chi connectivity index (χ4v) is 2.76. The van der Waals surface area contributed by atoms with Gasteiger partial charge in [-0.2, -0.15) is 0 Å². The molecule has 0 aliphatic heterocycles. The largest absolute Gasteiger partial charge is 0.347 e. The van der Waals surface area contributed by atoms with Crippen LogP contribution in [0.5, 0.6) is 0 Å². The van der Waals surface area contributed by atoms with E-state index < -0.39 is 0 Å². The topological polar surface area (TPSA) is 17.0 Å². The highest BCUT2D eigenvalue weighted by Gasteiger charge is 2.03. The molecule has 0 aliphatic rings. The molecular weight excluding hydrogens is 256 g/mol. The first-order chi connectivity index (χ1) is 10.3. The third-order valence-corrected chi connectivity index (χ3v) is 4.01. The van der Waals surface area contributed by atoms with Crippen LogP contribution in [0.2, 0.25) is 0 Å². The van der Waals surface area contributed by atoms with Crippen molar-refractivity contribution in [1.82, 2.24) is 9.88 Å². The first-order valence-electron chi connectivity index (χ1n) is 7.67. The number of nitrogens with zero attached hydrogens (tertiary/aromatic N) is 1. The Balaban J connectivity index is 1.50. The van der Waals surface area contributed by atoms with Crippen LogP contribution in [0.4, 0.5) is 0 Å². The molecule has 0 fully saturated rings. The van der Waals surface area contributed by atoms with Crippen LogP contribution in [0.3, 0.4) is 0 Å². The summed E-state index contributed by atoms with van der Waals surface area (Å²) < 4.78 is 2.34. The Morgan fingerprint density at radius 2 is 1.71 bits per heavy atom. The van der Waals surface area contributed by atoms with Gasteiger partial charge in [-0.3, -0.25) is 0 Å². The minimum atomic E-state index is 0.410. The second-order valence-corrected chi connectivity index (χ2v) is 5.51. The van der Waals surface area contributed by atoms with Gasteiger partial charge in [0.25, 0.3) is 0 Å². The summed E-state index contributed by atoms with van der Waals surface area (Å²) >= 11 is 0. The molecular formula is C19H22N2. The SMILES string of the molecule is CC(NCCCn1ccc2ccccc21)c1ccccc1. The third-order valence-electron chi connectivity index (χ3n) is 4.01. The predicted molar refractivity (Wildman–Crippen MR) is 89.4 cm³/mol. The lowest BCUT2D eigenvalue weighted by molar-refractivity contribution is 0.531. The average Bonchev–Trinajstić information content (AvgIpc) is 2.95. The maximum atomic E-state index is 3.60. The van der Waals surface area contributed by atoms with Gasteiger partial charge in [0, 0.05) is 24.3 Å². The van der Waals surface area contributed by atoms with E-state index in [2.05, 4.69) is 83.7 Å². The summed E-state index contributed by atoms with van der Waals surface area (Å²) in [7, 11) is 0. The maximum absolute atomic E-state index is 3.60. The molecule has 2 aromatic carbocycles. The molecule has 3 rings (SSSR count). The van der Waals surface area contributed by atoms with Crippen molar-refractivity contribution >= 4 is 10.9 Å². The molecule has 1 heterocycles. The molecule has 1 aromatic heterocycles. The zero-order valence-corrected chi connectivity index (χ0v) is 12.5. The van der Waals surface area contributed by atoms with Gasteiger partial charge in [0.05, 0.1) is 0 Å². The lowest BCUT2D eigenvalue weighted by Crippen LogP contribution is -2.20. The van der Waals surface area contributed by atoms with Crippen molar-refractivity contribution in [2.45, 2.75) is 25.9 Å². The lowest BCUT2D eigenvalue weighted by Gasteiger charge is -2.14. The summed E-state index contributed by atoms with van der Waals surface area (Å²) in [5, 5.41) is 4.92. The molecule has 0 saturated heterocycles. The number of nitrogens with one attached hydrogen (secondary N) is 1. The molecule has 108 valence electrons. The molecule has 1 atom stereocenters. The van der Waals surface area contributed by atoms with E-state index in [1.165, 1.54) is 16.5 Å². The Bertz CT molecular complexity index is 685. The van der Waals surface area contributed by atoms with E-state index in [0.717, 1.165) is 19.5 Å². The van der Waals surface area contributed by atoms with Gasteiger partial charge in [0.2, 0.25) is 0 Å². The summed E-state index contributed by atoms with van der Waals surface area (Å²) in [5.74, 6) is 0. The Morgan fingerprint density at radius 1 is 0.952 bits per heavy atom. The number of rotatable bonds is 6. The van der Waals surface area contributed by atoms with Gasteiger partial charge in [-0.15, -0.1) is 0 Å². The molecule has 2 nitrogen and oxygen atoms in total. The highest BCUT2D eigenvalue weighted by Crippen LogP contribution is 2.15. The molecule has 0 radical (unpaired) electrons. The van der Waals surface area contributed by atoms with Gasteiger partial charge in [-0.25, -0.2) is 0 Å². The molecule has 0 amide bonds. The Morgan fingerprint density at radius 3 is 2.57 bits per heavy atom. The Labute approximate surface area is 126 Å². The zero-order valence-electron chi connectivity index (χ0n) is 12.5. The van der Waals surface area contributed by atoms with Gasteiger partial charge in [-0.1, -0.05) is 48.5 Å². The number of hydrogen-bond acceptors (Lipinski definition) is 1. The van der Waals surface area contributed by atoms with Gasteiger partial charge >= 0.3 is 0 Å². The van der Waals surface area contributed by atoms with Crippen LogP contribution in [0, 0.1) is 0 Å². The molecule has 21 heavy (non-hydrogen) atoms. The molecule has 0 aliphatic carbocycles. The van der Waals surface area contributed by atoms with E-state index in [4.69, 9.17) is 0 Å². The molecule has 3 aromatic rings. The van der Waals surface area contributed by atoms with E-state index in [0.29, 0.717) is 6.04 Å². The van der Waals surface area contributed by atoms with E-state index in [1.807, 2.05) is 0 Å². The van der Waals surface area contributed by atoms with E-state index in [-0.39, 0.29) is 0 Å². The van der Waals surface area contributed by atoms with Crippen LogP contribution >= 0.6 is 0 Å². The van der Waals surface area contributed by atoms with Crippen LogP contribution in [-0.4, -0.2) is 11.1 Å². The van der Waals surface area contributed by atoms with E-state index in [9.17, 15) is 0 Å². The predicted octanol–water partition coefficient (Wildman–Crippen LogP) is 4.38. The first-order valence-corrected chi connectivity index (χ1v) is 7.67. The number of hydrogen-bond donors (Lipinski definition) is 1. The zero-order chi connectivity index (χ0) is 14.5. The van der Waals surface area contributed by atoms with Crippen LogP contribution < -0.4 is 5.32 Å². The fourth-order valence-electron chi connectivity index (χ4n) is 2.76. The standard InChI is InChI=1S/C19H22N2/c1-16(17-8-3-2-4-9-17)20-13-7-14-21-15-12-18-10-5-6-11-19(18)21/h2-6,8-12,15-16,20H,7,13-14H2,1H3. The molecule has 0 saturated carbocycles. The summed E-state index contributed by atoms with van der Waals surface area (Å²) in [6.07, 6.45) is 3.32. The highest BCUT2D eigenvalue weighted by atomic mass is 15.0. The number of para-hydroxylation sites is 1. The highest BCUT2D eigenvalue weighted by molar-refractivity contribution is 5.79. The molecule has 2 heteroatoms. The minimum Gasteiger partial charge on any atom is -0.347 e. The Hall–Kier alpha value is -2.06. The summed E-state index contributed by atoms with van der Waals surface area (Å²) in [4.78, 5) is 0. The van der Waals surface area contributed by atoms with Crippen molar-refractivity contribution in [1.29, 1.82) is 0 Å². The van der Waals surface area contributed by atoms with Gasteiger partial charge < -0.3 is 9.88 Å². The smallest absolute Gasteiger partial charge is 0.0480 e. The van der Waals surface area contributed by atoms with Gasteiger partial charge in [0.1, 0.15) is 0 Å². The maximum Gasteiger partial charge on any atom is 0.0480 e. The van der Waals surface area contributed by atoms with E-state index in [1.54, 1.807) is 0 Å². The van der Waals surface area contributed by atoms with Gasteiger partial charge in [0.15, 0.2) is 0 Å². The number of aromatic nitrogens is 1. The van der Waals surface area contributed by atoms with Crippen LogP contribution in [0.15, 0.2) is 66.9 Å². The summed E-state index contributed by atoms with van der Waals surface area (Å²) in [5.41, 5.74) is 2.68. The summed E-state index contributed by atoms with van der Waals surface area (Å²) in [6, 6.07) is 21.8. The van der Waals surface area contributed by atoms with Crippen molar-refractivity contribution < 1.29 is 0 Å². The first kappa shape index (κ1) is 13.9. The van der Waals surface area contributed by atoms with Crippen molar-refractivity contribution in [3.05, 3.63) is 72.4 Å². The third kappa shape index (κ3) is 3.34.